The maximum absolute atomic E-state index is 13.3. The predicted octanol–water partition coefficient (Wildman–Crippen LogP) is 4.45. The van der Waals surface area contributed by atoms with Crippen molar-refractivity contribution in [1.29, 1.82) is 0 Å². The van der Waals surface area contributed by atoms with Crippen molar-refractivity contribution < 1.29 is 17.9 Å². The van der Waals surface area contributed by atoms with Crippen LogP contribution in [-0.4, -0.2) is 0 Å². The van der Waals surface area contributed by atoms with E-state index in [2.05, 4.69) is 15.9 Å². The summed E-state index contributed by atoms with van der Waals surface area (Å²) >= 11 is 3.10. The van der Waals surface area contributed by atoms with Gasteiger partial charge in [-0.05, 0) is 24.3 Å². The van der Waals surface area contributed by atoms with E-state index >= 15 is 0 Å². The average Bonchev–Trinajstić information content (AvgIpc) is 2.27. The molecule has 0 saturated carbocycles. The number of hydrogen-bond acceptors (Lipinski definition) is 1. The van der Waals surface area contributed by atoms with E-state index in [4.69, 9.17) is 4.74 Å². The summed E-state index contributed by atoms with van der Waals surface area (Å²) in [4.78, 5) is 0. The van der Waals surface area contributed by atoms with Crippen molar-refractivity contribution in [3.63, 3.8) is 0 Å². The van der Waals surface area contributed by atoms with Gasteiger partial charge in [0.15, 0.2) is 0 Å². The highest BCUT2D eigenvalue weighted by molar-refractivity contribution is 9.10. The molecular formula is C13H8BrF3O. The third-order valence-corrected chi connectivity index (χ3v) is 2.74. The van der Waals surface area contributed by atoms with Crippen LogP contribution in [0, 0.1) is 17.5 Å². The highest BCUT2D eigenvalue weighted by Gasteiger charge is 2.09. The monoisotopic (exact) mass is 316 g/mol. The molecule has 0 unspecified atom stereocenters. The summed E-state index contributed by atoms with van der Waals surface area (Å²) in [6.45, 7) is -0.297. The first-order valence-corrected chi connectivity index (χ1v) is 5.87. The van der Waals surface area contributed by atoms with E-state index < -0.39 is 17.5 Å². The first-order valence-electron chi connectivity index (χ1n) is 5.08. The van der Waals surface area contributed by atoms with Gasteiger partial charge in [-0.2, -0.15) is 0 Å². The molecule has 0 spiro atoms. The van der Waals surface area contributed by atoms with E-state index in [1.807, 2.05) is 0 Å². The van der Waals surface area contributed by atoms with Crippen LogP contribution in [-0.2, 0) is 6.61 Å². The molecule has 0 fully saturated rings. The highest BCUT2D eigenvalue weighted by Crippen LogP contribution is 2.22. The number of ether oxygens (including phenoxy) is 1. The van der Waals surface area contributed by atoms with Gasteiger partial charge in [-0.3, -0.25) is 0 Å². The van der Waals surface area contributed by atoms with Crippen molar-refractivity contribution in [2.75, 3.05) is 0 Å². The van der Waals surface area contributed by atoms with Crippen LogP contribution in [0.25, 0.3) is 0 Å². The van der Waals surface area contributed by atoms with E-state index in [0.717, 1.165) is 18.2 Å². The Bertz CT molecular complexity index is 532. The smallest absolute Gasteiger partial charge is 0.132 e. The van der Waals surface area contributed by atoms with Gasteiger partial charge >= 0.3 is 0 Å². The minimum atomic E-state index is -0.689. The van der Waals surface area contributed by atoms with E-state index in [0.29, 0.717) is 4.47 Å². The lowest BCUT2D eigenvalue weighted by atomic mass is 10.2. The maximum atomic E-state index is 13.3. The van der Waals surface area contributed by atoms with Crippen molar-refractivity contribution >= 4 is 15.9 Å². The van der Waals surface area contributed by atoms with Gasteiger partial charge in [0.25, 0.3) is 0 Å². The summed E-state index contributed by atoms with van der Waals surface area (Å²) in [6, 6.07) is 7.47. The molecule has 1 nitrogen and oxygen atoms in total. The van der Waals surface area contributed by atoms with Gasteiger partial charge in [-0.15, -0.1) is 0 Å². The summed E-state index contributed by atoms with van der Waals surface area (Å²) in [7, 11) is 0. The van der Waals surface area contributed by atoms with Gasteiger partial charge in [0.2, 0.25) is 0 Å². The summed E-state index contributed by atoms with van der Waals surface area (Å²) in [5.41, 5.74) is -0.183. The van der Waals surface area contributed by atoms with Crippen molar-refractivity contribution in [1.82, 2.24) is 0 Å². The molecule has 5 heteroatoms. The molecule has 2 aromatic carbocycles. The molecule has 0 radical (unpaired) electrons. The first kappa shape index (κ1) is 13.0. The van der Waals surface area contributed by atoms with Gasteiger partial charge in [0, 0.05) is 10.5 Å². The molecule has 0 heterocycles. The molecule has 0 atom stereocenters. The molecule has 94 valence electrons. The Morgan fingerprint density at radius 1 is 1.00 bits per heavy atom. The fourth-order valence-corrected chi connectivity index (χ4v) is 1.88. The molecule has 2 aromatic rings. The summed E-state index contributed by atoms with van der Waals surface area (Å²) in [6.07, 6.45) is 0. The summed E-state index contributed by atoms with van der Waals surface area (Å²) in [5.74, 6) is -1.67. The lowest BCUT2D eigenvalue weighted by molar-refractivity contribution is 0.291. The van der Waals surface area contributed by atoms with E-state index in [-0.39, 0.29) is 17.9 Å². The van der Waals surface area contributed by atoms with Crippen molar-refractivity contribution in [3.8, 4) is 5.75 Å². The quantitative estimate of drug-likeness (QED) is 0.813. The van der Waals surface area contributed by atoms with Gasteiger partial charge in [0.1, 0.15) is 29.8 Å². The minimum Gasteiger partial charge on any atom is -0.489 e. The zero-order valence-corrected chi connectivity index (χ0v) is 10.7. The molecule has 0 N–H and O–H groups in total. The third kappa shape index (κ3) is 3.04. The zero-order valence-electron chi connectivity index (χ0n) is 9.09. The fourth-order valence-electron chi connectivity index (χ4n) is 1.44. The van der Waals surface area contributed by atoms with Crippen molar-refractivity contribution in [2.24, 2.45) is 0 Å². The third-order valence-electron chi connectivity index (χ3n) is 2.28. The largest absolute Gasteiger partial charge is 0.489 e. The second-order valence-electron chi connectivity index (χ2n) is 3.59. The molecule has 0 amide bonds. The van der Waals surface area contributed by atoms with Gasteiger partial charge in [-0.25, -0.2) is 13.2 Å². The normalized spacial score (nSPS) is 10.4. The topological polar surface area (TPSA) is 9.23 Å². The SMILES string of the molecule is Fc1cc(Br)cc(OCc2c(F)cccc2F)c1. The molecule has 0 aliphatic carbocycles. The predicted molar refractivity (Wildman–Crippen MR) is 64.8 cm³/mol. The standard InChI is InChI=1S/C13H8BrF3O/c14-8-4-9(15)6-10(5-8)18-7-11-12(16)2-1-3-13(11)17/h1-6H,7H2. The van der Waals surface area contributed by atoms with Gasteiger partial charge in [-0.1, -0.05) is 22.0 Å². The minimum absolute atomic E-state index is 0.183. The van der Waals surface area contributed by atoms with Crippen LogP contribution in [0.3, 0.4) is 0 Å². The van der Waals surface area contributed by atoms with Gasteiger partial charge < -0.3 is 4.74 Å². The number of halogens is 4. The van der Waals surface area contributed by atoms with Crippen LogP contribution in [0.1, 0.15) is 5.56 Å². The van der Waals surface area contributed by atoms with Crippen LogP contribution >= 0.6 is 15.9 Å². The Hall–Kier alpha value is -1.49. The second kappa shape index (κ2) is 5.44. The van der Waals surface area contributed by atoms with E-state index in [1.165, 1.54) is 18.2 Å². The second-order valence-corrected chi connectivity index (χ2v) is 4.51. The zero-order chi connectivity index (χ0) is 13.1. The Morgan fingerprint density at radius 3 is 2.28 bits per heavy atom. The maximum Gasteiger partial charge on any atom is 0.132 e. The number of benzene rings is 2. The Kier molecular flexibility index (Phi) is 3.91. The van der Waals surface area contributed by atoms with Crippen LogP contribution in [0.2, 0.25) is 0 Å². The Balaban J connectivity index is 2.16. The number of rotatable bonds is 3. The molecule has 2 rings (SSSR count). The van der Waals surface area contributed by atoms with E-state index in [9.17, 15) is 13.2 Å². The van der Waals surface area contributed by atoms with Crippen molar-refractivity contribution in [2.45, 2.75) is 6.61 Å². The lowest BCUT2D eigenvalue weighted by Crippen LogP contribution is -2.02. The first-order chi connectivity index (χ1) is 8.56. The van der Waals surface area contributed by atoms with Crippen LogP contribution < -0.4 is 4.74 Å². The fraction of sp³-hybridized carbons (Fsp3) is 0.0769. The van der Waals surface area contributed by atoms with Crippen molar-refractivity contribution in [3.05, 3.63) is 63.9 Å². The summed E-state index contributed by atoms with van der Waals surface area (Å²) < 4.78 is 45.3. The molecular weight excluding hydrogens is 309 g/mol. The molecule has 0 aliphatic heterocycles. The lowest BCUT2D eigenvalue weighted by Gasteiger charge is -2.08. The molecule has 0 bridgehead atoms. The van der Waals surface area contributed by atoms with E-state index in [1.54, 1.807) is 0 Å². The molecule has 0 aliphatic rings. The molecule has 18 heavy (non-hydrogen) atoms. The van der Waals surface area contributed by atoms with Crippen LogP contribution in [0.5, 0.6) is 5.75 Å². The summed E-state index contributed by atoms with van der Waals surface area (Å²) in [5, 5.41) is 0. The number of hydrogen-bond donors (Lipinski definition) is 0. The van der Waals surface area contributed by atoms with Crippen LogP contribution in [0.4, 0.5) is 13.2 Å². The molecule has 0 saturated heterocycles. The Labute approximate surface area is 110 Å². The average molecular weight is 317 g/mol. The Morgan fingerprint density at radius 2 is 1.67 bits per heavy atom. The van der Waals surface area contributed by atoms with Crippen LogP contribution in [0.15, 0.2) is 40.9 Å². The highest BCUT2D eigenvalue weighted by atomic mass is 79.9. The molecule has 0 aromatic heterocycles. The van der Waals surface area contributed by atoms with Gasteiger partial charge in [0.05, 0.1) is 5.56 Å².